The van der Waals surface area contributed by atoms with Crippen LogP contribution in [0.5, 0.6) is 0 Å². The second-order valence-corrected chi connectivity index (χ2v) is 7.43. The highest BCUT2D eigenvalue weighted by Gasteiger charge is 2.26. The van der Waals surface area contributed by atoms with Crippen LogP contribution in [-0.2, 0) is 7.05 Å². The second kappa shape index (κ2) is 6.88. The van der Waals surface area contributed by atoms with Gasteiger partial charge in [-0.3, -0.25) is 4.57 Å². The monoisotopic (exact) mass is 389 g/mol. The van der Waals surface area contributed by atoms with Gasteiger partial charge in [-0.15, -0.1) is 0 Å². The average Bonchev–Trinajstić information content (AvgIpc) is 3.25. The van der Waals surface area contributed by atoms with E-state index >= 15 is 0 Å². The van der Waals surface area contributed by atoms with Crippen molar-refractivity contribution in [2.45, 2.75) is 25.8 Å². The number of imidazole rings is 2. The molecule has 5 rings (SSSR count). The van der Waals surface area contributed by atoms with E-state index in [0.29, 0.717) is 0 Å². The number of hydrogen-bond donors (Lipinski definition) is 1. The average molecular weight is 389 g/mol. The van der Waals surface area contributed by atoms with Crippen LogP contribution in [0.3, 0.4) is 0 Å². The Morgan fingerprint density at radius 2 is 1.97 bits per heavy atom. The molecule has 8 heteroatoms. The summed E-state index contributed by atoms with van der Waals surface area (Å²) >= 11 is 0. The first-order valence-corrected chi connectivity index (χ1v) is 9.91. The van der Waals surface area contributed by atoms with E-state index in [-0.39, 0.29) is 11.7 Å². The van der Waals surface area contributed by atoms with Gasteiger partial charge >= 0.3 is 5.69 Å². The number of para-hydroxylation sites is 2. The molecule has 29 heavy (non-hydrogen) atoms. The number of rotatable bonds is 3. The normalized spacial score (nSPS) is 15.9. The molecule has 0 amide bonds. The molecule has 0 unspecified atom stereocenters. The third kappa shape index (κ3) is 2.83. The van der Waals surface area contributed by atoms with Crippen molar-refractivity contribution in [3.63, 3.8) is 0 Å². The predicted molar refractivity (Wildman–Crippen MR) is 114 cm³/mol. The van der Waals surface area contributed by atoms with Crippen LogP contribution < -0.4 is 10.6 Å². The summed E-state index contributed by atoms with van der Waals surface area (Å²) in [5.41, 5.74) is 3.49. The quantitative estimate of drug-likeness (QED) is 0.582. The summed E-state index contributed by atoms with van der Waals surface area (Å²) in [6.45, 7) is 3.61. The molecule has 1 aliphatic rings. The molecule has 1 fully saturated rings. The van der Waals surface area contributed by atoms with Crippen molar-refractivity contribution in [1.29, 1.82) is 0 Å². The number of aromatic nitrogens is 6. The molecule has 0 radical (unpaired) electrons. The van der Waals surface area contributed by atoms with Gasteiger partial charge in [0.2, 0.25) is 0 Å². The summed E-state index contributed by atoms with van der Waals surface area (Å²) in [7, 11) is 1.97. The van der Waals surface area contributed by atoms with Crippen LogP contribution in [0.25, 0.3) is 28.3 Å². The van der Waals surface area contributed by atoms with Gasteiger partial charge in [-0.1, -0.05) is 18.2 Å². The summed E-state index contributed by atoms with van der Waals surface area (Å²) < 4.78 is 3.89. The number of allylic oxidation sites excluding steroid dienone is 1. The molecule has 0 bridgehead atoms. The molecule has 0 spiro atoms. The third-order valence-electron chi connectivity index (χ3n) is 5.74. The lowest BCUT2D eigenvalue weighted by atomic mass is 10.0. The Labute approximate surface area is 167 Å². The lowest BCUT2D eigenvalue weighted by molar-refractivity contribution is 0.395. The van der Waals surface area contributed by atoms with Crippen LogP contribution >= 0.6 is 0 Å². The zero-order valence-corrected chi connectivity index (χ0v) is 16.5. The third-order valence-corrected chi connectivity index (χ3v) is 5.74. The van der Waals surface area contributed by atoms with E-state index in [2.05, 4.69) is 19.9 Å². The Kier molecular flexibility index (Phi) is 4.19. The number of benzene rings is 1. The molecule has 4 aromatic rings. The van der Waals surface area contributed by atoms with Crippen molar-refractivity contribution >= 4 is 34.1 Å². The van der Waals surface area contributed by atoms with Gasteiger partial charge in [-0.05, 0) is 38.0 Å². The Bertz CT molecular complexity index is 1270. The van der Waals surface area contributed by atoms with E-state index in [1.807, 2.05) is 59.5 Å². The molecule has 0 saturated carbocycles. The Morgan fingerprint density at radius 1 is 1.17 bits per heavy atom. The van der Waals surface area contributed by atoms with E-state index in [0.717, 1.165) is 59.8 Å². The van der Waals surface area contributed by atoms with Crippen LogP contribution in [0.2, 0.25) is 0 Å². The Hall–Kier alpha value is -3.42. The van der Waals surface area contributed by atoms with Crippen LogP contribution in [0, 0.1) is 0 Å². The summed E-state index contributed by atoms with van der Waals surface area (Å²) in [4.78, 5) is 31.5. The number of fused-ring (bicyclic) bond motifs is 2. The van der Waals surface area contributed by atoms with Crippen molar-refractivity contribution in [3.05, 3.63) is 53.0 Å². The zero-order valence-electron chi connectivity index (χ0n) is 16.5. The van der Waals surface area contributed by atoms with E-state index in [1.54, 1.807) is 6.33 Å². The van der Waals surface area contributed by atoms with Crippen LogP contribution in [0.1, 0.15) is 31.6 Å². The fraction of sp³-hybridized carbons (Fsp3) is 0.333. The minimum Gasteiger partial charge on any atom is -0.355 e. The molecule has 4 heterocycles. The van der Waals surface area contributed by atoms with Crippen LogP contribution in [-0.4, -0.2) is 42.2 Å². The minimum absolute atomic E-state index is 0.0326. The van der Waals surface area contributed by atoms with Crippen molar-refractivity contribution in [1.82, 2.24) is 29.1 Å². The van der Waals surface area contributed by atoms with Gasteiger partial charge in [0.1, 0.15) is 12.2 Å². The molecule has 1 aromatic carbocycles. The zero-order chi connectivity index (χ0) is 20.0. The molecule has 8 nitrogen and oxygen atoms in total. The number of aryl methyl sites for hydroxylation is 1. The highest BCUT2D eigenvalue weighted by Crippen LogP contribution is 2.30. The number of hydrogen-bond acceptors (Lipinski definition) is 5. The molecule has 1 saturated heterocycles. The van der Waals surface area contributed by atoms with Crippen molar-refractivity contribution in [2.24, 2.45) is 7.05 Å². The summed E-state index contributed by atoms with van der Waals surface area (Å²) in [6, 6.07) is 8.05. The highest BCUT2D eigenvalue weighted by molar-refractivity contribution is 5.85. The predicted octanol–water partition coefficient (Wildman–Crippen LogP) is 2.88. The molecule has 0 atom stereocenters. The molecule has 3 aromatic heterocycles. The highest BCUT2D eigenvalue weighted by atomic mass is 16.1. The standard InChI is InChI=1S/C21H23N7O/c1-3-6-17-25-18-19(26(17)2)22-13-23-20(18)27-11-9-14(10-12-27)28-16-8-5-4-7-15(16)24-21(28)29/h3-8,13-14H,9-12H2,1-2H3,(H,24,29). The number of aromatic amines is 1. The van der Waals surface area contributed by atoms with Crippen molar-refractivity contribution in [2.75, 3.05) is 18.0 Å². The van der Waals surface area contributed by atoms with Gasteiger partial charge in [0, 0.05) is 26.2 Å². The Balaban J connectivity index is 1.44. The SMILES string of the molecule is CC=Cc1nc2c(N3CCC(n4c(=O)[nH]c5ccccc54)CC3)ncnc2n1C. The fourth-order valence-corrected chi connectivity index (χ4v) is 4.31. The van der Waals surface area contributed by atoms with Gasteiger partial charge < -0.3 is 14.5 Å². The van der Waals surface area contributed by atoms with Gasteiger partial charge in [-0.2, -0.15) is 0 Å². The van der Waals surface area contributed by atoms with Crippen LogP contribution in [0.15, 0.2) is 41.5 Å². The van der Waals surface area contributed by atoms with E-state index in [1.165, 1.54) is 0 Å². The molecule has 0 aliphatic carbocycles. The summed E-state index contributed by atoms with van der Waals surface area (Å²) in [5, 5.41) is 0. The van der Waals surface area contributed by atoms with Crippen molar-refractivity contribution < 1.29 is 0 Å². The summed E-state index contributed by atoms with van der Waals surface area (Å²) in [6.07, 6.45) is 7.30. The van der Waals surface area contributed by atoms with Gasteiger partial charge in [0.15, 0.2) is 17.0 Å². The second-order valence-electron chi connectivity index (χ2n) is 7.43. The maximum atomic E-state index is 12.5. The first kappa shape index (κ1) is 17.7. The number of nitrogens with one attached hydrogen (secondary N) is 1. The van der Waals surface area contributed by atoms with Gasteiger partial charge in [0.05, 0.1) is 11.0 Å². The number of nitrogens with zero attached hydrogens (tertiary/aromatic N) is 6. The smallest absolute Gasteiger partial charge is 0.326 e. The summed E-state index contributed by atoms with van der Waals surface area (Å²) in [5.74, 6) is 1.73. The van der Waals surface area contributed by atoms with Crippen LogP contribution in [0.4, 0.5) is 5.82 Å². The molecular weight excluding hydrogens is 366 g/mol. The number of H-pyrrole nitrogens is 1. The van der Waals surface area contributed by atoms with Gasteiger partial charge in [0.25, 0.3) is 0 Å². The first-order valence-electron chi connectivity index (χ1n) is 9.91. The topological polar surface area (TPSA) is 84.6 Å². The molecule has 1 aliphatic heterocycles. The van der Waals surface area contributed by atoms with E-state index in [4.69, 9.17) is 4.98 Å². The molecule has 148 valence electrons. The maximum Gasteiger partial charge on any atom is 0.326 e. The number of anilines is 1. The first-order chi connectivity index (χ1) is 14.2. The van der Waals surface area contributed by atoms with Crippen molar-refractivity contribution in [3.8, 4) is 0 Å². The van der Waals surface area contributed by atoms with Gasteiger partial charge in [-0.25, -0.2) is 19.7 Å². The molecular formula is C21H23N7O. The maximum absolute atomic E-state index is 12.5. The fourth-order valence-electron chi connectivity index (χ4n) is 4.31. The number of piperidine rings is 1. The van der Waals surface area contributed by atoms with E-state index < -0.39 is 0 Å². The van der Waals surface area contributed by atoms with E-state index in [9.17, 15) is 4.79 Å². The lowest BCUT2D eigenvalue weighted by Crippen LogP contribution is -2.37. The Morgan fingerprint density at radius 3 is 2.76 bits per heavy atom. The minimum atomic E-state index is -0.0326. The lowest BCUT2D eigenvalue weighted by Gasteiger charge is -2.33. The largest absolute Gasteiger partial charge is 0.355 e. The molecule has 1 N–H and O–H groups in total.